The molecule has 17 heavy (non-hydrogen) atoms. The first kappa shape index (κ1) is 16.2. The minimum Gasteiger partial charge on any atom is -0.354 e. The van der Waals surface area contributed by atoms with E-state index in [9.17, 15) is 0 Å². The third-order valence-electron chi connectivity index (χ3n) is 2.58. The molecule has 0 aliphatic rings. The van der Waals surface area contributed by atoms with Crippen LogP contribution in [-0.4, -0.2) is 28.8 Å². The fraction of sp³-hybridized carbons (Fsp3) is 0.636. The Labute approximate surface area is 120 Å². The Bertz CT molecular complexity index is 347. The van der Waals surface area contributed by atoms with Crippen LogP contribution >= 0.6 is 24.0 Å². The Kier molecular flexibility index (Phi) is 7.94. The molecule has 98 valence electrons. The van der Waals surface area contributed by atoms with Gasteiger partial charge in [-0.3, -0.25) is 9.67 Å². The molecule has 1 aromatic heterocycles. The van der Waals surface area contributed by atoms with Gasteiger partial charge in [0, 0.05) is 26.3 Å². The molecule has 0 spiro atoms. The molecule has 0 radical (unpaired) electrons. The van der Waals surface area contributed by atoms with Crippen LogP contribution in [0.3, 0.4) is 0 Å². The Morgan fingerprint density at radius 1 is 1.59 bits per heavy atom. The zero-order valence-electron chi connectivity index (χ0n) is 10.9. The van der Waals surface area contributed by atoms with Gasteiger partial charge in [0.2, 0.25) is 0 Å². The van der Waals surface area contributed by atoms with Gasteiger partial charge < -0.3 is 10.6 Å². The predicted octanol–water partition coefficient (Wildman–Crippen LogP) is 1.50. The van der Waals surface area contributed by atoms with Crippen LogP contribution < -0.4 is 10.6 Å². The lowest BCUT2D eigenvalue weighted by Crippen LogP contribution is -2.41. The zero-order chi connectivity index (χ0) is 12.0. The average molecular weight is 351 g/mol. The van der Waals surface area contributed by atoms with E-state index in [0.29, 0.717) is 6.04 Å². The van der Waals surface area contributed by atoms with Crippen molar-refractivity contribution >= 4 is 29.9 Å². The zero-order valence-corrected chi connectivity index (χ0v) is 13.2. The largest absolute Gasteiger partial charge is 0.354 e. The van der Waals surface area contributed by atoms with Crippen molar-refractivity contribution in [2.45, 2.75) is 32.9 Å². The molecule has 6 heteroatoms. The van der Waals surface area contributed by atoms with Gasteiger partial charge >= 0.3 is 0 Å². The summed E-state index contributed by atoms with van der Waals surface area (Å²) in [5, 5.41) is 10.7. The van der Waals surface area contributed by atoms with Crippen molar-refractivity contribution in [3.8, 4) is 0 Å². The van der Waals surface area contributed by atoms with E-state index < -0.39 is 0 Å². The van der Waals surface area contributed by atoms with Crippen molar-refractivity contribution in [3.63, 3.8) is 0 Å². The Hall–Kier alpha value is -0.790. The number of aliphatic imine (C=N–C) groups is 1. The van der Waals surface area contributed by atoms with Crippen molar-refractivity contribution in [2.75, 3.05) is 7.05 Å². The van der Waals surface area contributed by atoms with Gasteiger partial charge in [-0.1, -0.05) is 6.92 Å². The molecular weight excluding hydrogens is 329 g/mol. The van der Waals surface area contributed by atoms with Crippen molar-refractivity contribution in [3.05, 3.63) is 18.0 Å². The monoisotopic (exact) mass is 351 g/mol. The topological polar surface area (TPSA) is 54.2 Å². The average Bonchev–Trinajstić information content (AvgIpc) is 2.69. The number of aromatic nitrogens is 2. The molecule has 0 aliphatic heterocycles. The van der Waals surface area contributed by atoms with Gasteiger partial charge in [-0.25, -0.2) is 0 Å². The Morgan fingerprint density at radius 3 is 2.76 bits per heavy atom. The molecule has 0 fully saturated rings. The Balaban J connectivity index is 0.00000256. The standard InChI is InChI=1S/C11H21N5.HI/c1-5-9(2)15-11(12-3)13-8-10-6-7-14-16(10)4;/h6-7,9H,5,8H2,1-4H3,(H2,12,13,15);1H. The van der Waals surface area contributed by atoms with E-state index in [4.69, 9.17) is 0 Å². The highest BCUT2D eigenvalue weighted by molar-refractivity contribution is 14.0. The van der Waals surface area contributed by atoms with E-state index in [1.165, 1.54) is 0 Å². The molecule has 0 aromatic carbocycles. The van der Waals surface area contributed by atoms with E-state index in [-0.39, 0.29) is 24.0 Å². The smallest absolute Gasteiger partial charge is 0.191 e. The van der Waals surface area contributed by atoms with Gasteiger partial charge in [-0.05, 0) is 19.4 Å². The minimum absolute atomic E-state index is 0. The number of nitrogens with one attached hydrogen (secondary N) is 2. The summed E-state index contributed by atoms with van der Waals surface area (Å²) in [6.45, 7) is 5.01. The highest BCUT2D eigenvalue weighted by Gasteiger charge is 2.03. The summed E-state index contributed by atoms with van der Waals surface area (Å²) < 4.78 is 1.85. The summed E-state index contributed by atoms with van der Waals surface area (Å²) >= 11 is 0. The van der Waals surface area contributed by atoms with Gasteiger partial charge in [0.05, 0.1) is 12.2 Å². The molecule has 0 saturated carbocycles. The molecule has 0 saturated heterocycles. The van der Waals surface area contributed by atoms with Crippen LogP contribution in [0.5, 0.6) is 0 Å². The van der Waals surface area contributed by atoms with Crippen molar-refractivity contribution in [1.29, 1.82) is 0 Å². The van der Waals surface area contributed by atoms with Crippen molar-refractivity contribution < 1.29 is 0 Å². The van der Waals surface area contributed by atoms with Crippen molar-refractivity contribution in [1.82, 2.24) is 20.4 Å². The summed E-state index contributed by atoms with van der Waals surface area (Å²) in [7, 11) is 3.71. The second-order valence-corrected chi connectivity index (χ2v) is 3.83. The number of halogens is 1. The van der Waals surface area contributed by atoms with Crippen LogP contribution in [0.2, 0.25) is 0 Å². The minimum atomic E-state index is 0. The van der Waals surface area contributed by atoms with Gasteiger partial charge in [0.25, 0.3) is 0 Å². The van der Waals surface area contributed by atoms with Crippen LogP contribution in [0.25, 0.3) is 0 Å². The number of guanidine groups is 1. The molecule has 1 heterocycles. The van der Waals surface area contributed by atoms with Crippen LogP contribution in [0.4, 0.5) is 0 Å². The molecular formula is C11H22IN5. The van der Waals surface area contributed by atoms with Gasteiger partial charge in [-0.15, -0.1) is 24.0 Å². The van der Waals surface area contributed by atoms with E-state index >= 15 is 0 Å². The van der Waals surface area contributed by atoms with Gasteiger partial charge in [0.15, 0.2) is 5.96 Å². The normalized spacial score (nSPS) is 12.8. The van der Waals surface area contributed by atoms with Crippen LogP contribution in [0.15, 0.2) is 17.3 Å². The number of nitrogens with zero attached hydrogens (tertiary/aromatic N) is 3. The van der Waals surface area contributed by atoms with Crippen LogP contribution in [-0.2, 0) is 13.6 Å². The van der Waals surface area contributed by atoms with Crippen LogP contribution in [0.1, 0.15) is 26.0 Å². The number of hydrogen-bond donors (Lipinski definition) is 2. The van der Waals surface area contributed by atoms with E-state index in [1.807, 2.05) is 17.8 Å². The molecule has 2 N–H and O–H groups in total. The Morgan fingerprint density at radius 2 is 2.29 bits per heavy atom. The van der Waals surface area contributed by atoms with Crippen molar-refractivity contribution in [2.24, 2.45) is 12.0 Å². The maximum Gasteiger partial charge on any atom is 0.191 e. The molecule has 0 bridgehead atoms. The summed E-state index contributed by atoms with van der Waals surface area (Å²) in [6, 6.07) is 2.42. The highest BCUT2D eigenvalue weighted by Crippen LogP contribution is 1.95. The number of rotatable bonds is 4. The second-order valence-electron chi connectivity index (χ2n) is 3.83. The maximum absolute atomic E-state index is 4.17. The summed E-state index contributed by atoms with van der Waals surface area (Å²) in [6.07, 6.45) is 2.87. The third kappa shape index (κ3) is 5.38. The SMILES string of the molecule is CCC(C)NC(=NC)NCc1ccnn1C.I. The van der Waals surface area contributed by atoms with E-state index in [2.05, 4.69) is 34.6 Å². The van der Waals surface area contributed by atoms with Gasteiger partial charge in [0.1, 0.15) is 0 Å². The second kappa shape index (κ2) is 8.32. The maximum atomic E-state index is 4.17. The van der Waals surface area contributed by atoms with Gasteiger partial charge in [-0.2, -0.15) is 5.10 Å². The first-order valence-corrected chi connectivity index (χ1v) is 5.61. The summed E-state index contributed by atoms with van der Waals surface area (Å²) in [4.78, 5) is 4.17. The lowest BCUT2D eigenvalue weighted by atomic mass is 10.3. The fourth-order valence-corrected chi connectivity index (χ4v) is 1.28. The highest BCUT2D eigenvalue weighted by atomic mass is 127. The predicted molar refractivity (Wildman–Crippen MR) is 81.7 cm³/mol. The van der Waals surface area contributed by atoms with E-state index in [1.54, 1.807) is 13.2 Å². The summed E-state index contributed by atoms with van der Waals surface area (Å²) in [5.41, 5.74) is 1.13. The van der Waals surface area contributed by atoms with E-state index in [0.717, 1.165) is 24.6 Å². The first-order chi connectivity index (χ1) is 7.67. The molecule has 0 aliphatic carbocycles. The quantitative estimate of drug-likeness (QED) is 0.491. The lowest BCUT2D eigenvalue weighted by Gasteiger charge is -2.16. The molecule has 1 rings (SSSR count). The first-order valence-electron chi connectivity index (χ1n) is 5.61. The van der Waals surface area contributed by atoms with Crippen LogP contribution in [0, 0.1) is 0 Å². The molecule has 1 atom stereocenters. The number of hydrogen-bond acceptors (Lipinski definition) is 2. The fourth-order valence-electron chi connectivity index (χ4n) is 1.28. The number of aryl methyl sites for hydroxylation is 1. The molecule has 0 amide bonds. The molecule has 1 unspecified atom stereocenters. The summed E-state index contributed by atoms with van der Waals surface area (Å²) in [5.74, 6) is 0.829. The lowest BCUT2D eigenvalue weighted by molar-refractivity contribution is 0.617. The molecule has 5 nitrogen and oxygen atoms in total. The molecule has 1 aromatic rings. The third-order valence-corrected chi connectivity index (χ3v) is 2.58.